The first-order valence-corrected chi connectivity index (χ1v) is 7.65. The zero-order valence-corrected chi connectivity index (χ0v) is 13.5. The van der Waals surface area contributed by atoms with Crippen LogP contribution in [0.4, 0.5) is 0 Å². The molecule has 0 amide bonds. The predicted octanol–water partition coefficient (Wildman–Crippen LogP) is 4.61. The first-order valence-electron chi connectivity index (χ1n) is 6.85. The third-order valence-electron chi connectivity index (χ3n) is 3.29. The summed E-state index contributed by atoms with van der Waals surface area (Å²) in [4.78, 5) is 0. The molecule has 1 unspecified atom stereocenters. The minimum atomic E-state index is -0.0411. The maximum absolute atomic E-state index is 5.98. The summed E-state index contributed by atoms with van der Waals surface area (Å²) in [7, 11) is 0. The van der Waals surface area contributed by atoms with Crippen molar-refractivity contribution in [1.29, 1.82) is 0 Å². The van der Waals surface area contributed by atoms with Gasteiger partial charge in [0, 0.05) is 16.1 Å². The van der Waals surface area contributed by atoms with Gasteiger partial charge in [0.05, 0.1) is 0 Å². The number of ether oxygens (including phenoxy) is 1. The van der Waals surface area contributed by atoms with Gasteiger partial charge >= 0.3 is 0 Å². The van der Waals surface area contributed by atoms with E-state index in [1.165, 1.54) is 5.56 Å². The van der Waals surface area contributed by atoms with Crippen molar-refractivity contribution in [3.8, 4) is 5.75 Å². The fourth-order valence-corrected chi connectivity index (χ4v) is 2.38. The van der Waals surface area contributed by atoms with Crippen LogP contribution in [0.1, 0.15) is 36.6 Å². The van der Waals surface area contributed by atoms with Crippen LogP contribution in [0, 0.1) is 0 Å². The Labute approximate surface area is 129 Å². The monoisotopic (exact) mass is 333 g/mol. The smallest absolute Gasteiger partial charge is 0.125 e. The molecule has 0 heterocycles. The highest BCUT2D eigenvalue weighted by molar-refractivity contribution is 9.10. The number of halogens is 1. The normalized spacial score (nSPS) is 12.2. The van der Waals surface area contributed by atoms with Gasteiger partial charge in [-0.3, -0.25) is 0 Å². The van der Waals surface area contributed by atoms with E-state index in [2.05, 4.69) is 47.1 Å². The van der Waals surface area contributed by atoms with E-state index in [0.29, 0.717) is 6.61 Å². The lowest BCUT2D eigenvalue weighted by Gasteiger charge is -2.14. The Kier molecular flexibility index (Phi) is 5.21. The van der Waals surface area contributed by atoms with E-state index >= 15 is 0 Å². The Morgan fingerprint density at radius 1 is 1.10 bits per heavy atom. The van der Waals surface area contributed by atoms with Gasteiger partial charge in [0.25, 0.3) is 0 Å². The average molecular weight is 334 g/mol. The van der Waals surface area contributed by atoms with Crippen molar-refractivity contribution in [3.63, 3.8) is 0 Å². The molecular formula is C17H20BrNO. The van der Waals surface area contributed by atoms with Crippen molar-refractivity contribution >= 4 is 15.9 Å². The molecule has 0 spiro atoms. The van der Waals surface area contributed by atoms with E-state index in [4.69, 9.17) is 10.5 Å². The molecule has 0 bridgehead atoms. The SMILES string of the molecule is CCc1ccc(COc2cc(Br)ccc2C(C)N)cc1. The molecule has 0 fully saturated rings. The van der Waals surface area contributed by atoms with Crippen LogP contribution in [-0.2, 0) is 13.0 Å². The molecule has 20 heavy (non-hydrogen) atoms. The molecule has 3 heteroatoms. The molecule has 0 aliphatic heterocycles. The van der Waals surface area contributed by atoms with E-state index in [0.717, 1.165) is 27.8 Å². The van der Waals surface area contributed by atoms with Crippen LogP contribution in [0.5, 0.6) is 5.75 Å². The van der Waals surface area contributed by atoms with Gasteiger partial charge in [0.15, 0.2) is 0 Å². The van der Waals surface area contributed by atoms with Gasteiger partial charge in [-0.15, -0.1) is 0 Å². The molecule has 2 aromatic rings. The molecule has 0 radical (unpaired) electrons. The summed E-state index contributed by atoms with van der Waals surface area (Å²) < 4.78 is 6.93. The molecule has 0 saturated heterocycles. The Bertz CT molecular complexity index is 564. The van der Waals surface area contributed by atoms with Crippen LogP contribution in [0.3, 0.4) is 0 Å². The number of benzene rings is 2. The highest BCUT2D eigenvalue weighted by atomic mass is 79.9. The third-order valence-corrected chi connectivity index (χ3v) is 3.78. The fourth-order valence-electron chi connectivity index (χ4n) is 2.04. The first kappa shape index (κ1) is 15.1. The summed E-state index contributed by atoms with van der Waals surface area (Å²) in [5, 5.41) is 0. The zero-order chi connectivity index (χ0) is 14.5. The Morgan fingerprint density at radius 3 is 2.35 bits per heavy atom. The molecule has 2 N–H and O–H groups in total. The summed E-state index contributed by atoms with van der Waals surface area (Å²) >= 11 is 3.47. The molecule has 0 saturated carbocycles. The first-order chi connectivity index (χ1) is 9.60. The molecule has 2 aromatic carbocycles. The Hall–Kier alpha value is -1.32. The molecule has 0 aliphatic carbocycles. The van der Waals surface area contributed by atoms with Crippen molar-refractivity contribution < 1.29 is 4.74 Å². The molecule has 106 valence electrons. The van der Waals surface area contributed by atoms with Crippen LogP contribution in [0.25, 0.3) is 0 Å². The van der Waals surface area contributed by atoms with Gasteiger partial charge in [0.2, 0.25) is 0 Å². The van der Waals surface area contributed by atoms with Crippen molar-refractivity contribution in [3.05, 3.63) is 63.6 Å². The summed E-state index contributed by atoms with van der Waals surface area (Å²) in [6.07, 6.45) is 1.06. The minimum Gasteiger partial charge on any atom is -0.489 e. The van der Waals surface area contributed by atoms with Crippen molar-refractivity contribution in [1.82, 2.24) is 0 Å². The van der Waals surface area contributed by atoms with Gasteiger partial charge in [0.1, 0.15) is 12.4 Å². The number of hydrogen-bond acceptors (Lipinski definition) is 2. The van der Waals surface area contributed by atoms with Crippen molar-refractivity contribution in [2.75, 3.05) is 0 Å². The van der Waals surface area contributed by atoms with Crippen molar-refractivity contribution in [2.45, 2.75) is 32.9 Å². The summed E-state index contributed by atoms with van der Waals surface area (Å²) in [5.74, 6) is 0.842. The summed E-state index contributed by atoms with van der Waals surface area (Å²) in [5.41, 5.74) is 9.51. The van der Waals surface area contributed by atoms with E-state index in [1.807, 2.05) is 25.1 Å². The highest BCUT2D eigenvalue weighted by Crippen LogP contribution is 2.28. The number of rotatable bonds is 5. The molecule has 1 atom stereocenters. The van der Waals surface area contributed by atoms with Gasteiger partial charge in [-0.25, -0.2) is 0 Å². The van der Waals surface area contributed by atoms with Crippen molar-refractivity contribution in [2.24, 2.45) is 5.73 Å². The van der Waals surface area contributed by atoms with E-state index in [1.54, 1.807) is 0 Å². The van der Waals surface area contributed by atoms with Gasteiger partial charge < -0.3 is 10.5 Å². The van der Waals surface area contributed by atoms with Gasteiger partial charge in [-0.2, -0.15) is 0 Å². The Morgan fingerprint density at radius 2 is 1.75 bits per heavy atom. The quantitative estimate of drug-likeness (QED) is 0.867. The molecule has 0 aromatic heterocycles. The van der Waals surface area contributed by atoms with E-state index in [-0.39, 0.29) is 6.04 Å². The number of nitrogens with two attached hydrogens (primary N) is 1. The lowest BCUT2D eigenvalue weighted by atomic mass is 10.1. The van der Waals surface area contributed by atoms with E-state index < -0.39 is 0 Å². The molecule has 2 rings (SSSR count). The average Bonchev–Trinajstić information content (AvgIpc) is 2.45. The number of aryl methyl sites for hydroxylation is 1. The predicted molar refractivity (Wildman–Crippen MR) is 86.9 cm³/mol. The standard InChI is InChI=1S/C17H20BrNO/c1-3-13-4-6-14(7-5-13)11-20-17-10-15(18)8-9-16(17)12(2)19/h4-10,12H,3,11,19H2,1-2H3. The molecular weight excluding hydrogens is 314 g/mol. The van der Waals surface area contributed by atoms with Gasteiger partial charge in [-0.1, -0.05) is 53.2 Å². The van der Waals surface area contributed by atoms with Gasteiger partial charge in [-0.05, 0) is 36.6 Å². The summed E-state index contributed by atoms with van der Waals surface area (Å²) in [6.45, 7) is 4.67. The maximum atomic E-state index is 5.98. The van der Waals surface area contributed by atoms with E-state index in [9.17, 15) is 0 Å². The van der Waals surface area contributed by atoms with Crippen LogP contribution in [-0.4, -0.2) is 0 Å². The fraction of sp³-hybridized carbons (Fsp3) is 0.294. The second-order valence-corrected chi connectivity index (χ2v) is 5.85. The Balaban J connectivity index is 2.11. The summed E-state index contributed by atoms with van der Waals surface area (Å²) in [6, 6.07) is 14.4. The van der Waals surface area contributed by atoms with Crippen LogP contribution >= 0.6 is 15.9 Å². The largest absolute Gasteiger partial charge is 0.489 e. The molecule has 2 nitrogen and oxygen atoms in total. The second-order valence-electron chi connectivity index (χ2n) is 4.93. The minimum absolute atomic E-state index is 0.0411. The topological polar surface area (TPSA) is 35.2 Å². The third kappa shape index (κ3) is 3.84. The van der Waals surface area contributed by atoms with Crippen LogP contribution < -0.4 is 10.5 Å². The van der Waals surface area contributed by atoms with Crippen LogP contribution in [0.2, 0.25) is 0 Å². The lowest BCUT2D eigenvalue weighted by Crippen LogP contribution is -2.08. The van der Waals surface area contributed by atoms with Crippen LogP contribution in [0.15, 0.2) is 46.9 Å². The number of hydrogen-bond donors (Lipinski definition) is 1. The molecule has 0 aliphatic rings. The zero-order valence-electron chi connectivity index (χ0n) is 11.9. The highest BCUT2D eigenvalue weighted by Gasteiger charge is 2.09. The maximum Gasteiger partial charge on any atom is 0.125 e. The lowest BCUT2D eigenvalue weighted by molar-refractivity contribution is 0.301. The second kappa shape index (κ2) is 6.91.